The summed E-state index contributed by atoms with van der Waals surface area (Å²) in [4.78, 5) is 12.8. The zero-order chi connectivity index (χ0) is 14.6. The van der Waals surface area contributed by atoms with Crippen LogP contribution in [-0.4, -0.2) is 30.1 Å². The summed E-state index contributed by atoms with van der Waals surface area (Å²) < 4.78 is 37.1. The highest BCUT2D eigenvalue weighted by Gasteiger charge is 2.33. The van der Waals surface area contributed by atoms with Gasteiger partial charge in [-0.2, -0.15) is 13.2 Å². The molecule has 106 valence electrons. The Morgan fingerprint density at radius 3 is 2.53 bits per heavy atom. The fraction of sp³-hybridized carbons (Fsp3) is 0.462. The van der Waals surface area contributed by atoms with Crippen LogP contribution >= 0.6 is 0 Å². The van der Waals surface area contributed by atoms with Crippen molar-refractivity contribution in [3.05, 3.63) is 29.8 Å². The predicted molar refractivity (Wildman–Crippen MR) is 67.6 cm³/mol. The lowest BCUT2D eigenvalue weighted by molar-refractivity contribution is -0.161. The van der Waals surface area contributed by atoms with Crippen molar-refractivity contribution < 1.29 is 18.0 Å². The highest BCUT2D eigenvalue weighted by atomic mass is 19.4. The van der Waals surface area contributed by atoms with Gasteiger partial charge in [0, 0.05) is 12.2 Å². The van der Waals surface area contributed by atoms with Crippen LogP contribution < -0.4 is 5.73 Å². The van der Waals surface area contributed by atoms with Crippen molar-refractivity contribution in [2.45, 2.75) is 25.9 Å². The van der Waals surface area contributed by atoms with Crippen molar-refractivity contribution in [3.8, 4) is 0 Å². The number of carbonyl (C=O) groups excluding carboxylic acids is 1. The van der Waals surface area contributed by atoms with Crippen LogP contribution in [0.5, 0.6) is 0 Å². The Morgan fingerprint density at radius 2 is 2.05 bits per heavy atom. The number of hydrogen-bond acceptors (Lipinski definition) is 2. The van der Waals surface area contributed by atoms with E-state index in [4.69, 9.17) is 5.73 Å². The van der Waals surface area contributed by atoms with Gasteiger partial charge in [-0.05, 0) is 31.5 Å². The number of anilines is 1. The van der Waals surface area contributed by atoms with Gasteiger partial charge >= 0.3 is 6.18 Å². The minimum atomic E-state index is -4.39. The molecular formula is C13H17F3N2O. The number of nitrogens with zero attached hydrogens (tertiary/aromatic N) is 1. The number of likely N-dealkylation sites (N-methyl/N-ethyl adjacent to an activating group) is 1. The van der Waals surface area contributed by atoms with Crippen LogP contribution in [0, 0.1) is 0 Å². The second kappa shape index (κ2) is 5.95. The second-order valence-corrected chi connectivity index (χ2v) is 4.36. The van der Waals surface area contributed by atoms with Crippen LogP contribution in [0.25, 0.3) is 0 Å². The van der Waals surface area contributed by atoms with Crippen LogP contribution in [0.3, 0.4) is 0 Å². The maximum Gasteiger partial charge on any atom is 0.406 e. The summed E-state index contributed by atoms with van der Waals surface area (Å²) in [5, 5.41) is 0. The highest BCUT2D eigenvalue weighted by molar-refractivity contribution is 5.83. The first kappa shape index (κ1) is 15.3. The van der Waals surface area contributed by atoms with E-state index in [9.17, 15) is 18.0 Å². The topological polar surface area (TPSA) is 46.3 Å². The molecule has 0 fully saturated rings. The summed E-state index contributed by atoms with van der Waals surface area (Å²) in [5.74, 6) is -1.20. The van der Waals surface area contributed by atoms with E-state index in [1.165, 1.54) is 6.92 Å². The number of alkyl halides is 3. The number of rotatable bonds is 4. The third-order valence-electron chi connectivity index (χ3n) is 2.84. The number of nitrogens with two attached hydrogens (primary N) is 1. The molecule has 0 aromatic heterocycles. The van der Waals surface area contributed by atoms with E-state index in [0.29, 0.717) is 11.3 Å². The molecule has 1 rings (SSSR count). The van der Waals surface area contributed by atoms with E-state index in [1.54, 1.807) is 31.2 Å². The van der Waals surface area contributed by atoms with E-state index in [1.807, 2.05) is 0 Å². The zero-order valence-corrected chi connectivity index (χ0v) is 10.9. The van der Waals surface area contributed by atoms with E-state index in [2.05, 4.69) is 0 Å². The number of nitrogen functional groups attached to an aromatic ring is 1. The molecule has 0 saturated heterocycles. The lowest BCUT2D eigenvalue weighted by Gasteiger charge is -2.25. The maximum atomic E-state index is 12.4. The third kappa shape index (κ3) is 4.46. The summed E-state index contributed by atoms with van der Waals surface area (Å²) in [5.41, 5.74) is 6.70. The van der Waals surface area contributed by atoms with Gasteiger partial charge in [0.25, 0.3) is 0 Å². The normalized spacial score (nSPS) is 13.1. The van der Waals surface area contributed by atoms with E-state index in [-0.39, 0.29) is 6.54 Å². The Hall–Kier alpha value is -1.72. The van der Waals surface area contributed by atoms with Crippen molar-refractivity contribution in [3.63, 3.8) is 0 Å². The molecule has 0 spiro atoms. The first-order chi connectivity index (χ1) is 8.74. The molecule has 1 atom stereocenters. The second-order valence-electron chi connectivity index (χ2n) is 4.36. The molecule has 0 aliphatic carbocycles. The van der Waals surface area contributed by atoms with Crippen molar-refractivity contribution >= 4 is 11.6 Å². The van der Waals surface area contributed by atoms with Gasteiger partial charge in [0.2, 0.25) is 5.91 Å². The van der Waals surface area contributed by atoms with Gasteiger partial charge in [-0.1, -0.05) is 12.1 Å². The molecule has 0 saturated carbocycles. The van der Waals surface area contributed by atoms with Crippen LogP contribution in [0.2, 0.25) is 0 Å². The molecule has 1 unspecified atom stereocenters. The molecular weight excluding hydrogens is 257 g/mol. The molecule has 3 nitrogen and oxygen atoms in total. The standard InChI is InChI=1S/C13H17F3N2O/c1-3-18(8-13(14,15)16)12(19)9(2)10-5-4-6-11(17)7-10/h4-7,9H,3,8,17H2,1-2H3. The Labute approximate surface area is 110 Å². The molecule has 0 radical (unpaired) electrons. The van der Waals surface area contributed by atoms with Gasteiger partial charge in [-0.25, -0.2) is 0 Å². The Morgan fingerprint density at radius 1 is 1.42 bits per heavy atom. The quantitative estimate of drug-likeness (QED) is 0.858. The monoisotopic (exact) mass is 274 g/mol. The Balaban J connectivity index is 2.85. The van der Waals surface area contributed by atoms with Crippen LogP contribution in [-0.2, 0) is 4.79 Å². The number of hydrogen-bond donors (Lipinski definition) is 1. The number of halogens is 3. The van der Waals surface area contributed by atoms with Crippen LogP contribution in [0.4, 0.5) is 18.9 Å². The average Bonchev–Trinajstić information content (AvgIpc) is 2.33. The maximum absolute atomic E-state index is 12.4. The first-order valence-electron chi connectivity index (χ1n) is 5.95. The summed E-state index contributed by atoms with van der Waals surface area (Å²) in [7, 11) is 0. The predicted octanol–water partition coefficient (Wildman–Crippen LogP) is 2.78. The lowest BCUT2D eigenvalue weighted by Crippen LogP contribution is -2.40. The SMILES string of the molecule is CCN(CC(F)(F)F)C(=O)C(C)c1cccc(N)c1. The molecule has 0 aliphatic rings. The molecule has 0 aliphatic heterocycles. The molecule has 2 N–H and O–H groups in total. The van der Waals surface area contributed by atoms with Gasteiger partial charge in [0.1, 0.15) is 6.54 Å². The Kier molecular flexibility index (Phi) is 4.80. The minimum absolute atomic E-state index is 0.0188. The summed E-state index contributed by atoms with van der Waals surface area (Å²) in [6, 6.07) is 6.62. The van der Waals surface area contributed by atoms with Gasteiger partial charge in [-0.3, -0.25) is 4.79 Å². The van der Waals surface area contributed by atoms with Gasteiger partial charge in [0.15, 0.2) is 0 Å². The smallest absolute Gasteiger partial charge is 0.399 e. The number of amides is 1. The largest absolute Gasteiger partial charge is 0.406 e. The molecule has 1 aromatic rings. The van der Waals surface area contributed by atoms with Crippen LogP contribution in [0.1, 0.15) is 25.3 Å². The third-order valence-corrected chi connectivity index (χ3v) is 2.84. The van der Waals surface area contributed by atoms with Crippen molar-refractivity contribution in [2.75, 3.05) is 18.8 Å². The minimum Gasteiger partial charge on any atom is -0.399 e. The summed E-state index contributed by atoms with van der Waals surface area (Å²) in [6.07, 6.45) is -4.39. The fourth-order valence-electron chi connectivity index (χ4n) is 1.81. The van der Waals surface area contributed by atoms with E-state index < -0.39 is 24.5 Å². The first-order valence-corrected chi connectivity index (χ1v) is 5.95. The van der Waals surface area contributed by atoms with Crippen molar-refractivity contribution in [2.24, 2.45) is 0 Å². The van der Waals surface area contributed by atoms with Gasteiger partial charge in [0.05, 0.1) is 5.92 Å². The molecule has 1 amide bonds. The average molecular weight is 274 g/mol. The van der Waals surface area contributed by atoms with Gasteiger partial charge < -0.3 is 10.6 Å². The molecule has 1 aromatic carbocycles. The number of benzene rings is 1. The lowest BCUT2D eigenvalue weighted by atomic mass is 9.99. The number of carbonyl (C=O) groups is 1. The molecule has 0 bridgehead atoms. The van der Waals surface area contributed by atoms with Crippen LogP contribution in [0.15, 0.2) is 24.3 Å². The van der Waals surface area contributed by atoms with Gasteiger partial charge in [-0.15, -0.1) is 0 Å². The summed E-state index contributed by atoms with van der Waals surface area (Å²) in [6.45, 7) is 1.89. The molecule has 0 heterocycles. The zero-order valence-electron chi connectivity index (χ0n) is 10.9. The summed E-state index contributed by atoms with van der Waals surface area (Å²) >= 11 is 0. The van der Waals surface area contributed by atoms with E-state index in [0.717, 1.165) is 4.90 Å². The molecule has 19 heavy (non-hydrogen) atoms. The highest BCUT2D eigenvalue weighted by Crippen LogP contribution is 2.23. The van der Waals surface area contributed by atoms with Crippen molar-refractivity contribution in [1.82, 2.24) is 4.90 Å². The van der Waals surface area contributed by atoms with E-state index >= 15 is 0 Å². The molecule has 6 heteroatoms. The van der Waals surface area contributed by atoms with Crippen molar-refractivity contribution in [1.29, 1.82) is 0 Å². The fourth-order valence-corrected chi connectivity index (χ4v) is 1.81. The Bertz CT molecular complexity index is 446.